The van der Waals surface area contributed by atoms with E-state index in [2.05, 4.69) is 5.10 Å². The van der Waals surface area contributed by atoms with Crippen LogP contribution in [0.3, 0.4) is 0 Å². The van der Waals surface area contributed by atoms with E-state index in [1.807, 2.05) is 30.3 Å². The maximum absolute atomic E-state index is 12.1. The molecule has 4 heteroatoms. The van der Waals surface area contributed by atoms with E-state index in [9.17, 15) is 4.79 Å². The number of nitrogens with zero attached hydrogens (tertiary/aromatic N) is 2. The number of carbonyl (C=O) groups excluding carboxylic acids is 1. The van der Waals surface area contributed by atoms with Crippen LogP contribution in [0.1, 0.15) is 10.4 Å². The smallest absolute Gasteiger partial charge is 0.278 e. The molecule has 0 fully saturated rings. The van der Waals surface area contributed by atoms with Gasteiger partial charge in [-0.25, -0.2) is 4.68 Å². The van der Waals surface area contributed by atoms with Gasteiger partial charge in [-0.2, -0.15) is 5.10 Å². The minimum Gasteiger partial charge on any atom is -0.497 e. The average Bonchev–Trinajstić information content (AvgIpc) is 2.99. The third-order valence-electron chi connectivity index (χ3n) is 3.01. The van der Waals surface area contributed by atoms with Gasteiger partial charge >= 0.3 is 0 Å². The second-order valence-electron chi connectivity index (χ2n) is 4.18. The Morgan fingerprint density at radius 2 is 1.95 bits per heavy atom. The summed E-state index contributed by atoms with van der Waals surface area (Å²) in [6.45, 7) is 0. The molecule has 4 nitrogen and oxygen atoms in total. The lowest BCUT2D eigenvalue weighted by atomic mass is 10.1. The van der Waals surface area contributed by atoms with Crippen LogP contribution in [0, 0.1) is 0 Å². The summed E-state index contributed by atoms with van der Waals surface area (Å²) in [5.41, 5.74) is 0.612. The molecule has 0 saturated heterocycles. The maximum atomic E-state index is 12.1. The number of aromatic nitrogens is 2. The van der Waals surface area contributed by atoms with Crippen molar-refractivity contribution in [2.75, 3.05) is 7.11 Å². The third kappa shape index (κ3) is 2.08. The molecule has 1 heterocycles. The summed E-state index contributed by atoms with van der Waals surface area (Å²) in [6.07, 6.45) is 3.23. The van der Waals surface area contributed by atoms with Gasteiger partial charge in [0.1, 0.15) is 5.75 Å². The molecular weight excluding hydrogens is 240 g/mol. The number of benzene rings is 2. The lowest BCUT2D eigenvalue weighted by Gasteiger charge is -2.05. The molecule has 3 rings (SSSR count). The minimum atomic E-state index is -0.136. The van der Waals surface area contributed by atoms with Crippen molar-refractivity contribution in [2.45, 2.75) is 0 Å². The largest absolute Gasteiger partial charge is 0.497 e. The zero-order chi connectivity index (χ0) is 13.2. The molecule has 94 valence electrons. The predicted octanol–water partition coefficient (Wildman–Crippen LogP) is 2.73. The molecule has 0 saturated carbocycles. The number of hydrogen-bond acceptors (Lipinski definition) is 3. The first kappa shape index (κ1) is 11.5. The lowest BCUT2D eigenvalue weighted by molar-refractivity contribution is 0.0945. The summed E-state index contributed by atoms with van der Waals surface area (Å²) in [4.78, 5) is 12.1. The second-order valence-corrected chi connectivity index (χ2v) is 4.18. The highest BCUT2D eigenvalue weighted by Gasteiger charge is 2.09. The highest BCUT2D eigenvalue weighted by atomic mass is 16.5. The molecule has 0 aliphatic heterocycles. The van der Waals surface area contributed by atoms with Crippen molar-refractivity contribution >= 4 is 16.7 Å². The molecule has 1 aromatic heterocycles. The standard InChI is InChI=1S/C15H12N2O2/c1-19-14-6-5-11-9-13(4-3-12(11)10-14)15(18)17-8-2-7-16-17/h2-10H,1H3. The summed E-state index contributed by atoms with van der Waals surface area (Å²) in [6, 6.07) is 13.1. The molecule has 0 aliphatic carbocycles. The Morgan fingerprint density at radius 1 is 1.16 bits per heavy atom. The number of rotatable bonds is 2. The van der Waals surface area contributed by atoms with E-state index in [1.165, 1.54) is 4.68 Å². The Kier molecular flexibility index (Phi) is 2.76. The summed E-state index contributed by atoms with van der Waals surface area (Å²) in [5.74, 6) is 0.668. The SMILES string of the molecule is COc1ccc2cc(C(=O)n3cccn3)ccc2c1. The van der Waals surface area contributed by atoms with Crippen LogP contribution in [0.5, 0.6) is 5.75 Å². The first-order valence-electron chi connectivity index (χ1n) is 5.90. The van der Waals surface area contributed by atoms with Gasteiger partial charge in [-0.15, -0.1) is 0 Å². The van der Waals surface area contributed by atoms with E-state index in [4.69, 9.17) is 4.74 Å². The molecule has 0 unspecified atom stereocenters. The van der Waals surface area contributed by atoms with Gasteiger partial charge < -0.3 is 4.74 Å². The molecule has 3 aromatic rings. The number of carbonyl (C=O) groups is 1. The topological polar surface area (TPSA) is 44.1 Å². The molecule has 0 atom stereocenters. The molecule has 0 spiro atoms. The Morgan fingerprint density at radius 3 is 2.68 bits per heavy atom. The van der Waals surface area contributed by atoms with Crippen molar-refractivity contribution < 1.29 is 9.53 Å². The number of ether oxygens (including phenoxy) is 1. The van der Waals surface area contributed by atoms with E-state index in [0.29, 0.717) is 5.56 Å². The van der Waals surface area contributed by atoms with Crippen LogP contribution in [0.4, 0.5) is 0 Å². The molecule has 0 bridgehead atoms. The summed E-state index contributed by atoms with van der Waals surface area (Å²) < 4.78 is 6.50. The highest BCUT2D eigenvalue weighted by Crippen LogP contribution is 2.22. The average molecular weight is 252 g/mol. The van der Waals surface area contributed by atoms with Crippen molar-refractivity contribution in [3.8, 4) is 5.75 Å². The van der Waals surface area contributed by atoms with Gasteiger partial charge in [0.25, 0.3) is 5.91 Å². The minimum absolute atomic E-state index is 0.136. The number of methoxy groups -OCH3 is 1. The van der Waals surface area contributed by atoms with Crippen LogP contribution in [0.25, 0.3) is 10.8 Å². The Balaban J connectivity index is 2.05. The molecule has 2 aromatic carbocycles. The Bertz CT molecular complexity index is 733. The monoisotopic (exact) mass is 252 g/mol. The fourth-order valence-corrected chi connectivity index (χ4v) is 2.01. The predicted molar refractivity (Wildman–Crippen MR) is 72.5 cm³/mol. The highest BCUT2D eigenvalue weighted by molar-refractivity contribution is 5.99. The summed E-state index contributed by atoms with van der Waals surface area (Å²) >= 11 is 0. The summed E-state index contributed by atoms with van der Waals surface area (Å²) in [7, 11) is 1.64. The van der Waals surface area contributed by atoms with Crippen molar-refractivity contribution in [3.05, 3.63) is 60.4 Å². The van der Waals surface area contributed by atoms with Gasteiger partial charge in [-0.1, -0.05) is 12.1 Å². The zero-order valence-electron chi connectivity index (χ0n) is 10.4. The van der Waals surface area contributed by atoms with Gasteiger partial charge in [0.05, 0.1) is 7.11 Å². The maximum Gasteiger partial charge on any atom is 0.278 e. The second kappa shape index (κ2) is 4.57. The summed E-state index contributed by atoms with van der Waals surface area (Å²) in [5, 5.41) is 5.98. The van der Waals surface area contributed by atoms with Crippen LogP contribution in [0.15, 0.2) is 54.9 Å². The van der Waals surface area contributed by atoms with Crippen molar-refractivity contribution in [3.63, 3.8) is 0 Å². The van der Waals surface area contributed by atoms with Gasteiger partial charge in [0.2, 0.25) is 0 Å². The van der Waals surface area contributed by atoms with Crippen molar-refractivity contribution in [2.24, 2.45) is 0 Å². The fraction of sp³-hybridized carbons (Fsp3) is 0.0667. The van der Waals surface area contributed by atoms with E-state index < -0.39 is 0 Å². The van der Waals surface area contributed by atoms with E-state index >= 15 is 0 Å². The van der Waals surface area contributed by atoms with E-state index in [-0.39, 0.29) is 5.91 Å². The molecule has 0 N–H and O–H groups in total. The van der Waals surface area contributed by atoms with Gasteiger partial charge in [0, 0.05) is 18.0 Å². The Hall–Kier alpha value is -2.62. The Labute approximate surface area is 110 Å². The molecule has 0 amide bonds. The lowest BCUT2D eigenvalue weighted by Crippen LogP contribution is -2.12. The van der Waals surface area contributed by atoms with E-state index in [1.54, 1.807) is 31.6 Å². The third-order valence-corrected chi connectivity index (χ3v) is 3.01. The number of hydrogen-bond donors (Lipinski definition) is 0. The van der Waals surface area contributed by atoms with Gasteiger partial charge in [-0.05, 0) is 41.1 Å². The van der Waals surface area contributed by atoms with Crippen LogP contribution in [0.2, 0.25) is 0 Å². The van der Waals surface area contributed by atoms with Gasteiger partial charge in [-0.3, -0.25) is 4.79 Å². The van der Waals surface area contributed by atoms with Crippen molar-refractivity contribution in [1.29, 1.82) is 0 Å². The van der Waals surface area contributed by atoms with E-state index in [0.717, 1.165) is 16.5 Å². The molecule has 0 aliphatic rings. The van der Waals surface area contributed by atoms with Gasteiger partial charge in [0.15, 0.2) is 0 Å². The van der Waals surface area contributed by atoms with Crippen LogP contribution in [-0.2, 0) is 0 Å². The first-order chi connectivity index (χ1) is 9.28. The molecule has 0 radical (unpaired) electrons. The van der Waals surface area contributed by atoms with Crippen LogP contribution < -0.4 is 4.74 Å². The quantitative estimate of drug-likeness (QED) is 0.704. The molecule has 19 heavy (non-hydrogen) atoms. The van der Waals surface area contributed by atoms with Crippen LogP contribution >= 0.6 is 0 Å². The van der Waals surface area contributed by atoms with Crippen LogP contribution in [-0.4, -0.2) is 22.8 Å². The fourth-order valence-electron chi connectivity index (χ4n) is 2.01. The zero-order valence-corrected chi connectivity index (χ0v) is 10.4. The van der Waals surface area contributed by atoms with Crippen molar-refractivity contribution in [1.82, 2.24) is 9.78 Å². The normalized spacial score (nSPS) is 10.6. The molecular formula is C15H12N2O2. The first-order valence-corrected chi connectivity index (χ1v) is 5.90. The number of fused-ring (bicyclic) bond motifs is 1.